The molecular formula is C10H13Br2N3. The summed E-state index contributed by atoms with van der Waals surface area (Å²) in [7, 11) is 0. The van der Waals surface area contributed by atoms with E-state index in [1.165, 1.54) is 0 Å². The summed E-state index contributed by atoms with van der Waals surface area (Å²) < 4.78 is 2.01. The fourth-order valence-electron chi connectivity index (χ4n) is 1.84. The maximum absolute atomic E-state index is 5.95. The van der Waals surface area contributed by atoms with Gasteiger partial charge in [-0.25, -0.2) is 4.98 Å². The average molecular weight is 335 g/mol. The van der Waals surface area contributed by atoms with Crippen LogP contribution in [-0.4, -0.2) is 24.1 Å². The first-order valence-electron chi connectivity index (χ1n) is 4.98. The SMILES string of the molecule is N[C@@H]1CCCN(c2ncc(Br)cc2Br)C1. The van der Waals surface area contributed by atoms with Gasteiger partial charge in [0.15, 0.2) is 0 Å². The van der Waals surface area contributed by atoms with E-state index in [1.807, 2.05) is 12.3 Å². The minimum absolute atomic E-state index is 0.274. The van der Waals surface area contributed by atoms with Crippen molar-refractivity contribution in [3.05, 3.63) is 21.2 Å². The smallest absolute Gasteiger partial charge is 0.142 e. The van der Waals surface area contributed by atoms with Crippen LogP contribution in [0.3, 0.4) is 0 Å². The van der Waals surface area contributed by atoms with E-state index in [1.54, 1.807) is 0 Å². The topological polar surface area (TPSA) is 42.1 Å². The number of nitrogens with zero attached hydrogens (tertiary/aromatic N) is 2. The molecule has 0 unspecified atom stereocenters. The van der Waals surface area contributed by atoms with Crippen molar-refractivity contribution in [2.75, 3.05) is 18.0 Å². The van der Waals surface area contributed by atoms with Crippen molar-refractivity contribution in [3.8, 4) is 0 Å². The third-order valence-corrected chi connectivity index (χ3v) is 3.56. The Kier molecular flexibility index (Phi) is 3.64. The summed E-state index contributed by atoms with van der Waals surface area (Å²) in [4.78, 5) is 6.65. The normalized spacial score (nSPS) is 21.8. The number of anilines is 1. The van der Waals surface area contributed by atoms with Crippen molar-refractivity contribution in [3.63, 3.8) is 0 Å². The molecule has 1 fully saturated rings. The highest BCUT2D eigenvalue weighted by atomic mass is 79.9. The third kappa shape index (κ3) is 2.71. The Labute approximate surface area is 106 Å². The summed E-state index contributed by atoms with van der Waals surface area (Å²) in [5, 5.41) is 0. The van der Waals surface area contributed by atoms with E-state index in [-0.39, 0.29) is 6.04 Å². The second-order valence-corrected chi connectivity index (χ2v) is 5.58. The lowest BCUT2D eigenvalue weighted by Crippen LogP contribution is -2.43. The molecule has 0 saturated carbocycles. The Bertz CT molecular complexity index is 357. The van der Waals surface area contributed by atoms with Crippen molar-refractivity contribution < 1.29 is 0 Å². The van der Waals surface area contributed by atoms with Crippen molar-refractivity contribution in [1.29, 1.82) is 0 Å². The Morgan fingerprint density at radius 3 is 2.93 bits per heavy atom. The molecule has 0 amide bonds. The first-order chi connectivity index (χ1) is 7.16. The lowest BCUT2D eigenvalue weighted by atomic mass is 10.1. The van der Waals surface area contributed by atoms with Crippen LogP contribution < -0.4 is 10.6 Å². The number of pyridine rings is 1. The van der Waals surface area contributed by atoms with Gasteiger partial charge in [-0.1, -0.05) is 0 Å². The number of aromatic nitrogens is 1. The zero-order chi connectivity index (χ0) is 10.8. The largest absolute Gasteiger partial charge is 0.354 e. The fourth-order valence-corrected chi connectivity index (χ4v) is 3.08. The molecule has 0 aliphatic carbocycles. The molecule has 1 saturated heterocycles. The molecule has 1 aliphatic heterocycles. The van der Waals surface area contributed by atoms with Gasteiger partial charge in [0.25, 0.3) is 0 Å². The minimum Gasteiger partial charge on any atom is -0.354 e. The van der Waals surface area contributed by atoms with Crippen molar-refractivity contribution in [2.45, 2.75) is 18.9 Å². The van der Waals surface area contributed by atoms with Gasteiger partial charge in [-0.2, -0.15) is 0 Å². The van der Waals surface area contributed by atoms with Gasteiger partial charge in [-0.05, 0) is 50.8 Å². The molecule has 0 spiro atoms. The number of halogens is 2. The lowest BCUT2D eigenvalue weighted by Gasteiger charge is -2.32. The highest BCUT2D eigenvalue weighted by Crippen LogP contribution is 2.28. The molecule has 0 bridgehead atoms. The average Bonchev–Trinajstić information content (AvgIpc) is 2.17. The molecule has 5 heteroatoms. The van der Waals surface area contributed by atoms with Crippen LogP contribution in [0.1, 0.15) is 12.8 Å². The van der Waals surface area contributed by atoms with Crippen LogP contribution in [-0.2, 0) is 0 Å². The Morgan fingerprint density at radius 2 is 2.27 bits per heavy atom. The van der Waals surface area contributed by atoms with E-state index >= 15 is 0 Å². The highest BCUT2D eigenvalue weighted by Gasteiger charge is 2.19. The molecule has 2 rings (SSSR count). The lowest BCUT2D eigenvalue weighted by molar-refractivity contribution is 0.502. The summed E-state index contributed by atoms with van der Waals surface area (Å²) in [6.07, 6.45) is 4.08. The van der Waals surface area contributed by atoms with Gasteiger partial charge < -0.3 is 10.6 Å². The van der Waals surface area contributed by atoms with Gasteiger partial charge in [0.1, 0.15) is 5.82 Å². The number of piperidine rings is 1. The zero-order valence-electron chi connectivity index (χ0n) is 8.29. The molecule has 3 nitrogen and oxygen atoms in total. The molecule has 1 aliphatic rings. The van der Waals surface area contributed by atoms with E-state index < -0.39 is 0 Å². The Balaban J connectivity index is 2.21. The van der Waals surface area contributed by atoms with Gasteiger partial charge in [0.05, 0.1) is 4.47 Å². The summed E-state index contributed by atoms with van der Waals surface area (Å²) in [6.45, 7) is 1.94. The predicted molar refractivity (Wildman–Crippen MR) is 69.1 cm³/mol. The standard InChI is InChI=1S/C10H13Br2N3/c11-7-4-9(12)10(14-5-7)15-3-1-2-8(13)6-15/h4-5,8H,1-3,6,13H2/t8-/m1/s1. The summed E-state index contributed by atoms with van der Waals surface area (Å²) in [5.74, 6) is 0.994. The number of hydrogen-bond acceptors (Lipinski definition) is 3. The first kappa shape index (κ1) is 11.4. The van der Waals surface area contributed by atoms with Gasteiger partial charge in [-0.3, -0.25) is 0 Å². The van der Waals surface area contributed by atoms with Crippen LogP contribution >= 0.6 is 31.9 Å². The maximum Gasteiger partial charge on any atom is 0.142 e. The number of hydrogen-bond donors (Lipinski definition) is 1. The molecule has 82 valence electrons. The number of rotatable bonds is 1. The van der Waals surface area contributed by atoms with Crippen molar-refractivity contribution in [2.24, 2.45) is 5.73 Å². The van der Waals surface area contributed by atoms with Crippen molar-refractivity contribution in [1.82, 2.24) is 4.98 Å². The van der Waals surface area contributed by atoms with Gasteiger partial charge in [0, 0.05) is 29.8 Å². The van der Waals surface area contributed by atoms with E-state index in [2.05, 4.69) is 41.7 Å². The van der Waals surface area contributed by atoms with Crippen molar-refractivity contribution >= 4 is 37.7 Å². The van der Waals surface area contributed by atoms with Crippen LogP contribution in [0.15, 0.2) is 21.2 Å². The monoisotopic (exact) mass is 333 g/mol. The first-order valence-corrected chi connectivity index (χ1v) is 6.57. The quantitative estimate of drug-likeness (QED) is 0.858. The predicted octanol–water partition coefficient (Wildman–Crippen LogP) is 2.53. The molecule has 1 aromatic heterocycles. The fraction of sp³-hybridized carbons (Fsp3) is 0.500. The van der Waals surface area contributed by atoms with Crippen LogP contribution in [0.25, 0.3) is 0 Å². The molecule has 1 aromatic rings. The third-order valence-electron chi connectivity index (χ3n) is 2.55. The highest BCUT2D eigenvalue weighted by molar-refractivity contribution is 9.11. The molecule has 0 aromatic carbocycles. The van der Waals surface area contributed by atoms with E-state index in [0.29, 0.717) is 0 Å². The van der Waals surface area contributed by atoms with Crippen LogP contribution in [0, 0.1) is 0 Å². The van der Waals surface area contributed by atoms with E-state index in [9.17, 15) is 0 Å². The molecule has 0 radical (unpaired) electrons. The molecular weight excluding hydrogens is 322 g/mol. The van der Waals surface area contributed by atoms with Gasteiger partial charge in [0.2, 0.25) is 0 Å². The summed E-state index contributed by atoms with van der Waals surface area (Å²) in [5.41, 5.74) is 5.95. The molecule has 2 heterocycles. The maximum atomic E-state index is 5.95. The summed E-state index contributed by atoms with van der Waals surface area (Å²) >= 11 is 6.92. The number of nitrogens with two attached hydrogens (primary N) is 1. The zero-order valence-corrected chi connectivity index (χ0v) is 11.5. The molecule has 2 N–H and O–H groups in total. The Morgan fingerprint density at radius 1 is 1.47 bits per heavy atom. The van der Waals surface area contributed by atoms with Gasteiger partial charge >= 0.3 is 0 Å². The summed E-state index contributed by atoms with van der Waals surface area (Å²) in [6, 6.07) is 2.29. The van der Waals surface area contributed by atoms with Crippen LogP contribution in [0.4, 0.5) is 5.82 Å². The van der Waals surface area contributed by atoms with E-state index in [0.717, 1.165) is 40.7 Å². The molecule has 15 heavy (non-hydrogen) atoms. The molecule has 1 atom stereocenters. The second-order valence-electron chi connectivity index (χ2n) is 3.81. The minimum atomic E-state index is 0.274. The van der Waals surface area contributed by atoms with Crippen LogP contribution in [0.2, 0.25) is 0 Å². The van der Waals surface area contributed by atoms with Gasteiger partial charge in [-0.15, -0.1) is 0 Å². The second kappa shape index (κ2) is 4.80. The van der Waals surface area contributed by atoms with E-state index in [4.69, 9.17) is 5.73 Å². The Hall–Kier alpha value is -0.130. The van der Waals surface area contributed by atoms with Crippen LogP contribution in [0.5, 0.6) is 0 Å².